The van der Waals surface area contributed by atoms with Crippen molar-refractivity contribution in [3.05, 3.63) is 11.9 Å². The van der Waals surface area contributed by atoms with Gasteiger partial charge in [-0.3, -0.25) is 0 Å². The lowest BCUT2D eigenvalue weighted by molar-refractivity contribution is 0.628. The third-order valence-corrected chi connectivity index (χ3v) is 2.28. The van der Waals surface area contributed by atoms with Crippen LogP contribution in [0.4, 0.5) is 11.6 Å². The summed E-state index contributed by atoms with van der Waals surface area (Å²) in [6.45, 7) is 11.5. The van der Waals surface area contributed by atoms with E-state index < -0.39 is 0 Å². The van der Waals surface area contributed by atoms with Crippen LogP contribution in [-0.2, 0) is 6.42 Å². The van der Waals surface area contributed by atoms with E-state index in [9.17, 15) is 0 Å². The molecule has 1 heterocycles. The Morgan fingerprint density at radius 1 is 1.12 bits per heavy atom. The van der Waals surface area contributed by atoms with Crippen LogP contribution in [0.2, 0.25) is 0 Å². The molecule has 0 saturated heterocycles. The summed E-state index contributed by atoms with van der Waals surface area (Å²) >= 11 is 0. The van der Waals surface area contributed by atoms with Crippen molar-refractivity contribution in [2.45, 2.75) is 53.0 Å². The second kappa shape index (κ2) is 5.84. The molecule has 0 unspecified atom stereocenters. The number of nitrogens with one attached hydrogen (secondary N) is 2. The highest BCUT2D eigenvalue weighted by atomic mass is 15.1. The first kappa shape index (κ1) is 13.7. The van der Waals surface area contributed by atoms with Gasteiger partial charge in [0.05, 0.1) is 0 Å². The molecule has 0 spiro atoms. The molecule has 4 heteroatoms. The minimum atomic E-state index is 0.0142. The summed E-state index contributed by atoms with van der Waals surface area (Å²) in [6.07, 6.45) is 3.69. The zero-order chi connectivity index (χ0) is 12.9. The van der Waals surface area contributed by atoms with E-state index in [4.69, 9.17) is 0 Å². The van der Waals surface area contributed by atoms with Gasteiger partial charge in [-0.25, -0.2) is 9.97 Å². The van der Waals surface area contributed by atoms with Crippen molar-refractivity contribution in [1.29, 1.82) is 0 Å². The third kappa shape index (κ3) is 4.21. The molecule has 0 atom stereocenters. The quantitative estimate of drug-likeness (QED) is 0.825. The normalized spacial score (nSPS) is 11.4. The van der Waals surface area contributed by atoms with Crippen molar-refractivity contribution in [1.82, 2.24) is 9.97 Å². The molecule has 1 rings (SSSR count). The first-order valence-electron chi connectivity index (χ1n) is 6.33. The summed E-state index contributed by atoms with van der Waals surface area (Å²) < 4.78 is 0. The van der Waals surface area contributed by atoms with Crippen LogP contribution in [0.5, 0.6) is 0 Å². The van der Waals surface area contributed by atoms with Gasteiger partial charge in [0.1, 0.15) is 18.0 Å². The highest BCUT2D eigenvalue weighted by Crippen LogP contribution is 2.24. The summed E-state index contributed by atoms with van der Waals surface area (Å²) in [5, 5.41) is 6.74. The summed E-state index contributed by atoms with van der Waals surface area (Å²) in [5.41, 5.74) is 1.20. The standard InChI is InChI=1S/C13H24N4/c1-6-8-10-11(14-7-2)15-9-16-12(10)17-13(3,4)5/h9H,6-8H2,1-5H3,(H2,14,15,16,17). The second-order valence-corrected chi connectivity index (χ2v) is 5.20. The van der Waals surface area contributed by atoms with E-state index >= 15 is 0 Å². The Hall–Kier alpha value is -1.32. The molecule has 4 nitrogen and oxygen atoms in total. The molecule has 1 aromatic rings. The second-order valence-electron chi connectivity index (χ2n) is 5.20. The molecular formula is C13H24N4. The van der Waals surface area contributed by atoms with Crippen LogP contribution in [0.25, 0.3) is 0 Å². The number of hydrogen-bond donors (Lipinski definition) is 2. The lowest BCUT2D eigenvalue weighted by Gasteiger charge is -2.24. The Balaban J connectivity index is 3.05. The van der Waals surface area contributed by atoms with Crippen LogP contribution >= 0.6 is 0 Å². The van der Waals surface area contributed by atoms with E-state index in [1.54, 1.807) is 6.33 Å². The maximum Gasteiger partial charge on any atom is 0.135 e. The molecular weight excluding hydrogens is 212 g/mol. The molecule has 0 fully saturated rings. The van der Waals surface area contributed by atoms with E-state index in [0.717, 1.165) is 31.0 Å². The summed E-state index contributed by atoms with van der Waals surface area (Å²) in [4.78, 5) is 8.68. The summed E-state index contributed by atoms with van der Waals surface area (Å²) in [7, 11) is 0. The zero-order valence-corrected chi connectivity index (χ0v) is 11.6. The molecule has 0 aromatic carbocycles. The van der Waals surface area contributed by atoms with Gasteiger partial charge in [-0.15, -0.1) is 0 Å². The first-order valence-corrected chi connectivity index (χ1v) is 6.33. The topological polar surface area (TPSA) is 49.8 Å². The largest absolute Gasteiger partial charge is 0.370 e. The first-order chi connectivity index (χ1) is 7.98. The number of rotatable bonds is 5. The van der Waals surface area contributed by atoms with Crippen LogP contribution in [0.1, 0.15) is 46.6 Å². The highest BCUT2D eigenvalue weighted by molar-refractivity contribution is 5.58. The van der Waals surface area contributed by atoms with Crippen LogP contribution in [-0.4, -0.2) is 22.1 Å². The van der Waals surface area contributed by atoms with Crippen LogP contribution in [0.3, 0.4) is 0 Å². The predicted octanol–water partition coefficient (Wildman–Crippen LogP) is 3.07. The predicted molar refractivity (Wildman–Crippen MR) is 73.6 cm³/mol. The highest BCUT2D eigenvalue weighted by Gasteiger charge is 2.15. The number of aromatic nitrogens is 2. The Kier molecular flexibility index (Phi) is 4.73. The van der Waals surface area contributed by atoms with Gasteiger partial charge in [-0.05, 0) is 34.1 Å². The third-order valence-electron chi connectivity index (χ3n) is 2.28. The van der Waals surface area contributed by atoms with Gasteiger partial charge in [0, 0.05) is 17.6 Å². The Labute approximate surface area is 104 Å². The van der Waals surface area contributed by atoms with E-state index in [-0.39, 0.29) is 5.54 Å². The molecule has 0 aliphatic carbocycles. The molecule has 0 amide bonds. The van der Waals surface area contributed by atoms with Crippen molar-refractivity contribution in [2.75, 3.05) is 17.2 Å². The fourth-order valence-electron chi connectivity index (χ4n) is 1.68. The molecule has 0 aliphatic heterocycles. The fraction of sp³-hybridized carbons (Fsp3) is 0.692. The van der Waals surface area contributed by atoms with Crippen LogP contribution in [0, 0.1) is 0 Å². The Morgan fingerprint density at radius 3 is 2.29 bits per heavy atom. The van der Waals surface area contributed by atoms with E-state index in [2.05, 4.69) is 55.2 Å². The SMILES string of the molecule is CCCc1c(NCC)ncnc1NC(C)(C)C. The van der Waals surface area contributed by atoms with E-state index in [0.29, 0.717) is 0 Å². The molecule has 1 aromatic heterocycles. The fourth-order valence-corrected chi connectivity index (χ4v) is 1.68. The molecule has 0 bridgehead atoms. The maximum atomic E-state index is 4.36. The average molecular weight is 236 g/mol. The summed E-state index contributed by atoms with van der Waals surface area (Å²) in [5.74, 6) is 1.90. The lowest BCUT2D eigenvalue weighted by atomic mass is 10.1. The number of hydrogen-bond acceptors (Lipinski definition) is 4. The van der Waals surface area contributed by atoms with Gasteiger partial charge in [0.25, 0.3) is 0 Å². The van der Waals surface area contributed by atoms with Gasteiger partial charge in [0.15, 0.2) is 0 Å². The van der Waals surface area contributed by atoms with Gasteiger partial charge in [-0.2, -0.15) is 0 Å². The van der Waals surface area contributed by atoms with Crippen molar-refractivity contribution in [2.24, 2.45) is 0 Å². The Morgan fingerprint density at radius 2 is 1.76 bits per heavy atom. The number of nitrogens with zero attached hydrogens (tertiary/aromatic N) is 2. The minimum absolute atomic E-state index is 0.0142. The molecule has 17 heavy (non-hydrogen) atoms. The number of anilines is 2. The monoisotopic (exact) mass is 236 g/mol. The van der Waals surface area contributed by atoms with Gasteiger partial charge < -0.3 is 10.6 Å². The van der Waals surface area contributed by atoms with Crippen molar-refractivity contribution < 1.29 is 0 Å². The maximum absolute atomic E-state index is 4.36. The van der Waals surface area contributed by atoms with Gasteiger partial charge >= 0.3 is 0 Å². The molecule has 96 valence electrons. The van der Waals surface area contributed by atoms with E-state index in [1.165, 1.54) is 5.56 Å². The zero-order valence-electron chi connectivity index (χ0n) is 11.6. The van der Waals surface area contributed by atoms with Crippen molar-refractivity contribution in [3.8, 4) is 0 Å². The van der Waals surface area contributed by atoms with Gasteiger partial charge in [0.2, 0.25) is 0 Å². The molecule has 2 N–H and O–H groups in total. The van der Waals surface area contributed by atoms with Crippen molar-refractivity contribution in [3.63, 3.8) is 0 Å². The van der Waals surface area contributed by atoms with Crippen LogP contribution in [0.15, 0.2) is 6.33 Å². The molecule has 0 radical (unpaired) electrons. The van der Waals surface area contributed by atoms with Crippen molar-refractivity contribution >= 4 is 11.6 Å². The van der Waals surface area contributed by atoms with Gasteiger partial charge in [-0.1, -0.05) is 13.3 Å². The molecule has 0 aliphatic rings. The lowest BCUT2D eigenvalue weighted by Crippen LogP contribution is -2.28. The smallest absolute Gasteiger partial charge is 0.135 e. The van der Waals surface area contributed by atoms with E-state index in [1.807, 2.05) is 0 Å². The molecule has 0 saturated carbocycles. The Bertz CT molecular complexity index is 355. The average Bonchev–Trinajstić information content (AvgIpc) is 2.21. The minimum Gasteiger partial charge on any atom is -0.370 e. The summed E-state index contributed by atoms with van der Waals surface area (Å²) in [6, 6.07) is 0. The van der Waals surface area contributed by atoms with Crippen LogP contribution < -0.4 is 10.6 Å².